The van der Waals surface area contributed by atoms with Crippen molar-refractivity contribution in [3.63, 3.8) is 0 Å². The number of benzene rings is 1. The number of piperidine rings is 1. The van der Waals surface area contributed by atoms with Gasteiger partial charge in [0.1, 0.15) is 0 Å². The van der Waals surface area contributed by atoms with Crippen molar-refractivity contribution in [3.8, 4) is 11.5 Å². The van der Waals surface area contributed by atoms with Crippen LogP contribution in [-0.4, -0.2) is 47.8 Å². The van der Waals surface area contributed by atoms with E-state index in [1.807, 2.05) is 28.7 Å². The number of ether oxygens (including phenoxy) is 2. The second-order valence-electron chi connectivity index (χ2n) is 7.27. The van der Waals surface area contributed by atoms with Gasteiger partial charge in [0.25, 0.3) is 0 Å². The zero-order valence-electron chi connectivity index (χ0n) is 17.0. The molecule has 1 N–H and O–H groups in total. The summed E-state index contributed by atoms with van der Waals surface area (Å²) < 4.78 is 12.5. The molecule has 1 aliphatic rings. The Hall–Kier alpha value is -3.00. The van der Waals surface area contributed by atoms with E-state index in [9.17, 15) is 4.79 Å². The third-order valence-electron chi connectivity index (χ3n) is 5.34. The lowest BCUT2D eigenvalue weighted by Crippen LogP contribution is -2.43. The first-order valence-electron chi connectivity index (χ1n) is 9.83. The van der Waals surface area contributed by atoms with Crippen molar-refractivity contribution in [2.75, 3.05) is 32.2 Å². The molecule has 1 amide bonds. The average Bonchev–Trinajstić information content (AvgIpc) is 3.20. The quantitative estimate of drug-likeness (QED) is 0.648. The number of nitrogens with one attached hydrogen (secondary N) is 1. The molecule has 3 aromatic rings. The number of fused-ring (bicyclic) bond motifs is 1. The van der Waals surface area contributed by atoms with Gasteiger partial charge in [0.2, 0.25) is 11.9 Å². The van der Waals surface area contributed by atoms with Gasteiger partial charge in [-0.25, -0.2) is 0 Å². The first-order valence-corrected chi connectivity index (χ1v) is 10.2. The second-order valence-corrected chi connectivity index (χ2v) is 7.70. The molecule has 3 heterocycles. The van der Waals surface area contributed by atoms with Gasteiger partial charge in [0.05, 0.1) is 25.2 Å². The maximum Gasteiger partial charge on any atom is 0.231 e. The number of anilines is 1. The minimum atomic E-state index is -0.120. The number of pyridine rings is 1. The van der Waals surface area contributed by atoms with Crippen molar-refractivity contribution in [1.29, 1.82) is 0 Å². The van der Waals surface area contributed by atoms with Crippen LogP contribution in [0.3, 0.4) is 0 Å². The summed E-state index contributed by atoms with van der Waals surface area (Å²) in [4.78, 5) is 14.9. The number of hydrogen-bond acceptors (Lipinski definition) is 6. The molecule has 0 unspecified atom stereocenters. The number of nitrogens with zero attached hydrogens (tertiary/aromatic N) is 4. The summed E-state index contributed by atoms with van der Waals surface area (Å²) in [6.07, 6.45) is 3.54. The lowest BCUT2D eigenvalue weighted by Gasteiger charge is -2.32. The Balaban J connectivity index is 1.42. The summed E-state index contributed by atoms with van der Waals surface area (Å²) in [5, 5.41) is 12.2. The fourth-order valence-corrected chi connectivity index (χ4v) is 3.93. The topological polar surface area (TPSA) is 81.0 Å². The Kier molecular flexibility index (Phi) is 5.94. The van der Waals surface area contributed by atoms with Crippen molar-refractivity contribution in [2.45, 2.75) is 19.4 Å². The fraction of sp³-hybridized carbons (Fsp3) is 0.381. The minimum absolute atomic E-state index is 0.0290. The second kappa shape index (κ2) is 8.79. The highest BCUT2D eigenvalue weighted by Crippen LogP contribution is 2.28. The molecule has 0 spiro atoms. The van der Waals surface area contributed by atoms with Gasteiger partial charge in [-0.2, -0.15) is 0 Å². The van der Waals surface area contributed by atoms with Gasteiger partial charge < -0.3 is 19.7 Å². The predicted octanol–water partition coefficient (Wildman–Crippen LogP) is 2.93. The summed E-state index contributed by atoms with van der Waals surface area (Å²) >= 11 is 6.13. The monoisotopic (exact) mass is 429 g/mol. The van der Waals surface area contributed by atoms with Crippen molar-refractivity contribution in [2.24, 2.45) is 5.92 Å². The summed E-state index contributed by atoms with van der Waals surface area (Å²) in [7, 11) is 3.19. The number of aromatic nitrogens is 3. The van der Waals surface area contributed by atoms with Crippen molar-refractivity contribution in [3.05, 3.63) is 47.1 Å². The van der Waals surface area contributed by atoms with E-state index in [2.05, 4.69) is 20.4 Å². The Morgan fingerprint density at radius 2 is 2.03 bits per heavy atom. The first-order chi connectivity index (χ1) is 14.6. The zero-order valence-corrected chi connectivity index (χ0v) is 17.7. The van der Waals surface area contributed by atoms with E-state index in [-0.39, 0.29) is 11.8 Å². The van der Waals surface area contributed by atoms with Crippen molar-refractivity contribution >= 4 is 29.1 Å². The SMILES string of the molecule is COc1ccc(CNC(=O)[C@H]2CCCN(c3nnc4ccc(Cl)cn34)C2)cc1OC. The molecule has 1 saturated heterocycles. The standard InChI is InChI=1S/C21H24ClN5O3/c1-29-17-7-5-14(10-18(17)30-2)11-23-20(28)15-4-3-9-26(12-15)21-25-24-19-8-6-16(22)13-27(19)21/h5-8,10,13,15H,3-4,9,11-12H2,1-2H3,(H,23,28)/t15-/m0/s1. The number of hydrogen-bond donors (Lipinski definition) is 1. The molecular weight excluding hydrogens is 406 g/mol. The summed E-state index contributed by atoms with van der Waals surface area (Å²) in [5.74, 6) is 1.93. The van der Waals surface area contributed by atoms with Crippen LogP contribution < -0.4 is 19.7 Å². The van der Waals surface area contributed by atoms with Crippen LogP contribution in [0.1, 0.15) is 18.4 Å². The molecular formula is C21H24ClN5O3. The van der Waals surface area contributed by atoms with Crippen LogP contribution >= 0.6 is 11.6 Å². The molecule has 30 heavy (non-hydrogen) atoms. The van der Waals surface area contributed by atoms with Crippen LogP contribution in [-0.2, 0) is 11.3 Å². The molecule has 0 radical (unpaired) electrons. The normalized spacial score (nSPS) is 16.5. The molecule has 1 aliphatic heterocycles. The van der Waals surface area contributed by atoms with Gasteiger partial charge in [0.15, 0.2) is 17.1 Å². The lowest BCUT2D eigenvalue weighted by atomic mass is 9.97. The van der Waals surface area contributed by atoms with Crippen LogP contribution in [0.25, 0.3) is 5.65 Å². The smallest absolute Gasteiger partial charge is 0.231 e. The molecule has 0 aliphatic carbocycles. The molecule has 2 aromatic heterocycles. The van der Waals surface area contributed by atoms with E-state index in [0.717, 1.165) is 30.6 Å². The number of methoxy groups -OCH3 is 2. The van der Waals surface area contributed by atoms with Crippen molar-refractivity contribution < 1.29 is 14.3 Å². The van der Waals surface area contributed by atoms with E-state index in [0.29, 0.717) is 35.6 Å². The summed E-state index contributed by atoms with van der Waals surface area (Å²) in [6.45, 7) is 1.84. The first kappa shape index (κ1) is 20.3. The highest BCUT2D eigenvalue weighted by Gasteiger charge is 2.28. The zero-order chi connectivity index (χ0) is 21.1. The molecule has 158 valence electrons. The lowest BCUT2D eigenvalue weighted by molar-refractivity contribution is -0.125. The van der Waals surface area contributed by atoms with Crippen LogP contribution in [0.5, 0.6) is 11.5 Å². The number of carbonyl (C=O) groups is 1. The predicted molar refractivity (Wildman–Crippen MR) is 114 cm³/mol. The number of carbonyl (C=O) groups excluding carboxylic acids is 1. The Morgan fingerprint density at radius 1 is 1.20 bits per heavy atom. The van der Waals surface area contributed by atoms with E-state index in [4.69, 9.17) is 21.1 Å². The molecule has 0 saturated carbocycles. The van der Waals surface area contributed by atoms with Gasteiger partial charge in [-0.3, -0.25) is 9.20 Å². The number of rotatable bonds is 6. The van der Waals surface area contributed by atoms with Crippen molar-refractivity contribution in [1.82, 2.24) is 19.9 Å². The average molecular weight is 430 g/mol. The maximum absolute atomic E-state index is 12.8. The third-order valence-corrected chi connectivity index (χ3v) is 5.56. The molecule has 8 nitrogen and oxygen atoms in total. The molecule has 0 bridgehead atoms. The van der Waals surface area contributed by atoms with Crippen LogP contribution in [0, 0.1) is 5.92 Å². The Morgan fingerprint density at radius 3 is 2.83 bits per heavy atom. The molecule has 4 rings (SSSR count). The maximum atomic E-state index is 12.8. The molecule has 1 fully saturated rings. The molecule has 1 atom stereocenters. The van der Waals surface area contributed by atoms with E-state index in [1.54, 1.807) is 26.5 Å². The Bertz CT molecular complexity index is 1050. The largest absolute Gasteiger partial charge is 0.493 e. The van der Waals surface area contributed by atoms with E-state index < -0.39 is 0 Å². The fourth-order valence-electron chi connectivity index (χ4n) is 3.77. The Labute approximate surface area is 179 Å². The third kappa shape index (κ3) is 4.14. The highest BCUT2D eigenvalue weighted by atomic mass is 35.5. The molecule has 9 heteroatoms. The minimum Gasteiger partial charge on any atom is -0.493 e. The van der Waals surface area contributed by atoms with E-state index >= 15 is 0 Å². The van der Waals surface area contributed by atoms with Gasteiger partial charge in [-0.05, 0) is 42.7 Å². The summed E-state index contributed by atoms with van der Waals surface area (Å²) in [6, 6.07) is 9.25. The van der Waals surface area contributed by atoms with E-state index in [1.165, 1.54) is 0 Å². The highest BCUT2D eigenvalue weighted by molar-refractivity contribution is 6.30. The van der Waals surface area contributed by atoms with Crippen LogP contribution in [0.4, 0.5) is 5.95 Å². The van der Waals surface area contributed by atoms with Gasteiger partial charge in [-0.1, -0.05) is 17.7 Å². The number of amides is 1. The summed E-state index contributed by atoms with van der Waals surface area (Å²) in [5.41, 5.74) is 1.68. The van der Waals surface area contributed by atoms with Crippen LogP contribution in [0.15, 0.2) is 36.5 Å². The van der Waals surface area contributed by atoms with Gasteiger partial charge in [-0.15, -0.1) is 10.2 Å². The molecule has 1 aromatic carbocycles. The van der Waals surface area contributed by atoms with Gasteiger partial charge in [0, 0.05) is 25.8 Å². The number of halogens is 1. The van der Waals surface area contributed by atoms with Gasteiger partial charge >= 0.3 is 0 Å². The van der Waals surface area contributed by atoms with Crippen LogP contribution in [0.2, 0.25) is 5.02 Å².